The first kappa shape index (κ1) is 18.1. The normalized spacial score (nSPS) is 26.3. The fraction of sp³-hybridized carbons (Fsp3) is 0.526. The van der Waals surface area contributed by atoms with Crippen LogP contribution in [-0.4, -0.2) is 67.3 Å². The van der Waals surface area contributed by atoms with E-state index in [1.807, 2.05) is 44.2 Å². The molecule has 3 rings (SSSR count). The molecule has 0 saturated carbocycles. The number of benzene rings is 1. The molecule has 2 fully saturated rings. The van der Waals surface area contributed by atoms with E-state index in [2.05, 4.69) is 17.1 Å². The zero-order valence-electron chi connectivity index (χ0n) is 14.8. The van der Waals surface area contributed by atoms with Crippen LogP contribution in [0.1, 0.15) is 19.4 Å². The summed E-state index contributed by atoms with van der Waals surface area (Å²) in [5, 5.41) is 0. The molecule has 0 N–H and O–H groups in total. The highest BCUT2D eigenvalue weighted by atomic mass is 32.2. The van der Waals surface area contributed by atoms with Crippen molar-refractivity contribution in [2.75, 3.05) is 31.1 Å². The monoisotopic (exact) mass is 362 g/mol. The van der Waals surface area contributed by atoms with Gasteiger partial charge >= 0.3 is 0 Å². The second-order valence-corrected chi connectivity index (χ2v) is 9.36. The minimum atomic E-state index is -3.09. The Morgan fingerprint density at radius 1 is 1.16 bits per heavy atom. The van der Waals surface area contributed by atoms with Gasteiger partial charge in [0.05, 0.1) is 17.5 Å². The third kappa shape index (κ3) is 4.12. The number of nitrogens with zero attached hydrogens (tertiary/aromatic N) is 2. The average molecular weight is 362 g/mol. The van der Waals surface area contributed by atoms with E-state index < -0.39 is 9.84 Å². The quantitative estimate of drug-likeness (QED) is 0.817. The van der Waals surface area contributed by atoms with Gasteiger partial charge in [-0.3, -0.25) is 9.69 Å². The van der Waals surface area contributed by atoms with Crippen molar-refractivity contribution in [1.82, 2.24) is 9.80 Å². The first-order chi connectivity index (χ1) is 11.9. The van der Waals surface area contributed by atoms with Crippen LogP contribution in [-0.2, 0) is 14.6 Å². The molecule has 2 atom stereocenters. The largest absolute Gasteiger partial charge is 0.336 e. The van der Waals surface area contributed by atoms with Gasteiger partial charge in [-0.25, -0.2) is 8.42 Å². The van der Waals surface area contributed by atoms with Crippen LogP contribution in [0.25, 0.3) is 6.08 Å². The molecule has 0 aliphatic carbocycles. The molecule has 0 bridgehead atoms. The number of amides is 1. The molecule has 0 spiro atoms. The number of hydrogen-bond acceptors (Lipinski definition) is 4. The second kappa shape index (κ2) is 7.30. The Kier molecular flexibility index (Phi) is 5.29. The first-order valence-electron chi connectivity index (χ1n) is 8.84. The summed E-state index contributed by atoms with van der Waals surface area (Å²) in [6.45, 7) is 5.77. The number of carbonyl (C=O) groups excluding carboxylic acids is 1. The van der Waals surface area contributed by atoms with Crippen molar-refractivity contribution < 1.29 is 13.2 Å². The topological polar surface area (TPSA) is 57.7 Å². The van der Waals surface area contributed by atoms with E-state index in [0.29, 0.717) is 19.6 Å². The van der Waals surface area contributed by atoms with Crippen molar-refractivity contribution in [3.63, 3.8) is 0 Å². The lowest BCUT2D eigenvalue weighted by Crippen LogP contribution is -2.61. The summed E-state index contributed by atoms with van der Waals surface area (Å²) < 4.78 is 24.4. The number of sulfone groups is 1. The van der Waals surface area contributed by atoms with Gasteiger partial charge in [0.15, 0.2) is 9.84 Å². The summed E-state index contributed by atoms with van der Waals surface area (Å²) in [5.74, 6) is 0.202. The number of hydrogen-bond donors (Lipinski definition) is 0. The number of rotatable bonds is 4. The third-order valence-corrected chi connectivity index (χ3v) is 6.72. The number of carbonyl (C=O) groups is 1. The Hall–Kier alpha value is -1.66. The van der Waals surface area contributed by atoms with Gasteiger partial charge in [0, 0.05) is 31.6 Å². The molecular weight excluding hydrogens is 336 g/mol. The van der Waals surface area contributed by atoms with Gasteiger partial charge in [-0.1, -0.05) is 56.3 Å². The summed E-state index contributed by atoms with van der Waals surface area (Å²) in [7, 11) is -3.09. The summed E-state index contributed by atoms with van der Waals surface area (Å²) in [4.78, 5) is 16.5. The van der Waals surface area contributed by atoms with E-state index in [1.165, 1.54) is 0 Å². The summed E-state index contributed by atoms with van der Waals surface area (Å²) >= 11 is 0. The number of fused-ring (bicyclic) bond motifs is 1. The van der Waals surface area contributed by atoms with Crippen LogP contribution >= 0.6 is 0 Å². The van der Waals surface area contributed by atoms with E-state index in [4.69, 9.17) is 0 Å². The van der Waals surface area contributed by atoms with Crippen LogP contribution in [0.4, 0.5) is 0 Å². The van der Waals surface area contributed by atoms with Crippen molar-refractivity contribution in [1.29, 1.82) is 0 Å². The average Bonchev–Trinajstić information content (AvgIpc) is 2.90. The first-order valence-corrected chi connectivity index (χ1v) is 10.7. The van der Waals surface area contributed by atoms with Crippen molar-refractivity contribution >= 4 is 21.8 Å². The lowest BCUT2D eigenvalue weighted by Gasteiger charge is -2.44. The van der Waals surface area contributed by atoms with Gasteiger partial charge in [-0.05, 0) is 5.56 Å². The minimum Gasteiger partial charge on any atom is -0.336 e. The van der Waals surface area contributed by atoms with Crippen LogP contribution in [0.3, 0.4) is 0 Å². The van der Waals surface area contributed by atoms with Crippen molar-refractivity contribution in [2.45, 2.75) is 25.9 Å². The summed E-state index contributed by atoms with van der Waals surface area (Å²) in [6.07, 6.45) is 4.14. The Morgan fingerprint density at radius 3 is 2.52 bits per heavy atom. The van der Waals surface area contributed by atoms with E-state index >= 15 is 0 Å². The zero-order chi connectivity index (χ0) is 18.0. The van der Waals surface area contributed by atoms with E-state index in [-0.39, 0.29) is 35.4 Å². The van der Waals surface area contributed by atoms with Crippen molar-refractivity contribution in [3.05, 3.63) is 42.0 Å². The van der Waals surface area contributed by atoms with Gasteiger partial charge in [-0.15, -0.1) is 0 Å². The molecule has 25 heavy (non-hydrogen) atoms. The Labute approximate surface area is 150 Å². The molecule has 2 aliphatic rings. The maximum Gasteiger partial charge on any atom is 0.225 e. The van der Waals surface area contributed by atoms with Gasteiger partial charge in [0.1, 0.15) is 0 Å². The van der Waals surface area contributed by atoms with Crippen molar-refractivity contribution in [3.8, 4) is 0 Å². The fourth-order valence-corrected chi connectivity index (χ4v) is 5.76. The van der Waals surface area contributed by atoms with Gasteiger partial charge in [-0.2, -0.15) is 0 Å². The van der Waals surface area contributed by atoms with Crippen LogP contribution in [0, 0.1) is 5.92 Å². The molecule has 1 amide bonds. The van der Waals surface area contributed by atoms with Crippen LogP contribution in [0.15, 0.2) is 36.4 Å². The highest BCUT2D eigenvalue weighted by Gasteiger charge is 2.47. The standard InChI is InChI=1S/C19H26N2O3S/c1-15(2)19(22)21-12-11-20(17-13-25(23,24)14-18(17)21)10-6-9-16-7-4-3-5-8-16/h3-9,15,17-18H,10-14H2,1-2H3/b9-6+/t17-,18+/m1/s1. The van der Waals surface area contributed by atoms with E-state index in [1.54, 1.807) is 4.90 Å². The lowest BCUT2D eigenvalue weighted by atomic mass is 10.0. The van der Waals surface area contributed by atoms with E-state index in [0.717, 1.165) is 5.56 Å². The van der Waals surface area contributed by atoms with Crippen molar-refractivity contribution in [2.24, 2.45) is 5.92 Å². The minimum absolute atomic E-state index is 0.0616. The molecule has 0 radical (unpaired) electrons. The molecule has 5 nitrogen and oxygen atoms in total. The predicted molar refractivity (Wildman–Crippen MR) is 99.8 cm³/mol. The maximum absolute atomic E-state index is 12.5. The third-order valence-electron chi connectivity index (χ3n) is 5.02. The highest BCUT2D eigenvalue weighted by molar-refractivity contribution is 7.91. The molecular formula is C19H26N2O3S. The fourth-order valence-electron chi connectivity index (χ4n) is 3.75. The van der Waals surface area contributed by atoms with Crippen LogP contribution in [0.2, 0.25) is 0 Å². The van der Waals surface area contributed by atoms with Gasteiger partial charge in [0.2, 0.25) is 5.91 Å². The van der Waals surface area contributed by atoms with Gasteiger partial charge < -0.3 is 4.90 Å². The number of piperazine rings is 1. The van der Waals surface area contributed by atoms with Crippen LogP contribution < -0.4 is 0 Å². The summed E-state index contributed by atoms with van der Waals surface area (Å²) in [6, 6.07) is 9.75. The summed E-state index contributed by atoms with van der Waals surface area (Å²) in [5.41, 5.74) is 1.13. The molecule has 2 saturated heterocycles. The molecule has 0 aromatic heterocycles. The predicted octanol–water partition coefficient (Wildman–Crippen LogP) is 1.67. The van der Waals surface area contributed by atoms with Gasteiger partial charge in [0.25, 0.3) is 0 Å². The maximum atomic E-state index is 12.5. The molecule has 0 unspecified atom stereocenters. The Balaban J connectivity index is 1.72. The lowest BCUT2D eigenvalue weighted by molar-refractivity contribution is -0.140. The molecule has 136 valence electrons. The molecule has 2 heterocycles. The second-order valence-electron chi connectivity index (χ2n) is 7.21. The molecule has 6 heteroatoms. The molecule has 2 aliphatic heterocycles. The Morgan fingerprint density at radius 2 is 1.84 bits per heavy atom. The smallest absolute Gasteiger partial charge is 0.225 e. The van der Waals surface area contributed by atoms with E-state index in [9.17, 15) is 13.2 Å². The zero-order valence-corrected chi connectivity index (χ0v) is 15.7. The van der Waals surface area contributed by atoms with Crippen LogP contribution in [0.5, 0.6) is 0 Å². The SMILES string of the molecule is CC(C)C(=O)N1CCN(C/C=C/c2ccccc2)[C@@H]2CS(=O)(=O)C[C@@H]21. The highest BCUT2D eigenvalue weighted by Crippen LogP contribution is 2.28. The Bertz CT molecular complexity index is 743. The molecule has 1 aromatic carbocycles. The molecule has 1 aromatic rings.